The molecule has 0 saturated heterocycles. The maximum atomic E-state index is 14.2. The van der Waals surface area contributed by atoms with E-state index < -0.39 is 0 Å². The van der Waals surface area contributed by atoms with Crippen LogP contribution in [0.25, 0.3) is 10.9 Å². The summed E-state index contributed by atoms with van der Waals surface area (Å²) >= 11 is 0. The maximum Gasteiger partial charge on any atom is 0.149 e. The first kappa shape index (κ1) is 13.3. The van der Waals surface area contributed by atoms with Crippen LogP contribution in [0.2, 0.25) is 0 Å². The topological polar surface area (TPSA) is 24.9 Å². The van der Waals surface area contributed by atoms with Crippen LogP contribution in [0.5, 0.6) is 0 Å². The van der Waals surface area contributed by atoms with Crippen molar-refractivity contribution in [3.8, 4) is 0 Å². The van der Waals surface area contributed by atoms with E-state index in [1.54, 1.807) is 0 Å². The van der Waals surface area contributed by atoms with Gasteiger partial charge in [-0.25, -0.2) is 9.37 Å². The van der Waals surface area contributed by atoms with Gasteiger partial charge < -0.3 is 5.32 Å². The Morgan fingerprint density at radius 1 is 1.20 bits per heavy atom. The van der Waals surface area contributed by atoms with E-state index >= 15 is 0 Å². The molecule has 2 nitrogen and oxygen atoms in total. The van der Waals surface area contributed by atoms with Gasteiger partial charge in [0.15, 0.2) is 0 Å². The number of pyridine rings is 1. The molecular weight excluding hydrogens is 251 g/mol. The third kappa shape index (κ3) is 2.15. The third-order valence-corrected chi connectivity index (χ3v) is 4.18. The average molecular weight is 272 g/mol. The molecule has 0 aliphatic heterocycles. The number of anilines is 1. The Kier molecular flexibility index (Phi) is 3.60. The Morgan fingerprint density at radius 3 is 2.80 bits per heavy atom. The fourth-order valence-corrected chi connectivity index (χ4v) is 3.21. The second kappa shape index (κ2) is 5.39. The largest absolute Gasteiger partial charge is 0.384 e. The van der Waals surface area contributed by atoms with E-state index in [9.17, 15) is 4.39 Å². The first-order chi connectivity index (χ1) is 9.72. The van der Waals surface area contributed by atoms with E-state index in [1.807, 2.05) is 13.0 Å². The number of aromatic nitrogens is 1. The summed E-state index contributed by atoms with van der Waals surface area (Å²) in [6, 6.07) is 3.38. The lowest BCUT2D eigenvalue weighted by Crippen LogP contribution is -2.08. The van der Waals surface area contributed by atoms with Gasteiger partial charge in [-0.05, 0) is 56.7 Å². The predicted molar refractivity (Wildman–Crippen MR) is 81.9 cm³/mol. The van der Waals surface area contributed by atoms with Crippen LogP contribution in [0.1, 0.15) is 43.0 Å². The van der Waals surface area contributed by atoms with Crippen molar-refractivity contribution in [2.45, 2.75) is 46.0 Å². The Balaban J connectivity index is 2.36. The molecule has 106 valence electrons. The highest BCUT2D eigenvalue weighted by Gasteiger charge is 2.19. The summed E-state index contributed by atoms with van der Waals surface area (Å²) in [7, 11) is 0. The molecule has 0 amide bonds. The molecule has 1 aliphatic carbocycles. The number of fused-ring (bicyclic) bond motifs is 2. The van der Waals surface area contributed by atoms with Crippen molar-refractivity contribution in [3.63, 3.8) is 0 Å². The zero-order valence-corrected chi connectivity index (χ0v) is 12.2. The highest BCUT2D eigenvalue weighted by atomic mass is 19.1. The average Bonchev–Trinajstić information content (AvgIpc) is 2.68. The summed E-state index contributed by atoms with van der Waals surface area (Å²) in [5.41, 5.74) is 5.14. The van der Waals surface area contributed by atoms with E-state index in [0.29, 0.717) is 5.52 Å². The van der Waals surface area contributed by atoms with E-state index in [0.717, 1.165) is 48.1 Å². The zero-order valence-electron chi connectivity index (χ0n) is 12.2. The predicted octanol–water partition coefficient (Wildman–Crippen LogP) is 4.38. The fraction of sp³-hybridized carbons (Fsp3) is 0.471. The normalized spacial score (nSPS) is 14.9. The highest BCUT2D eigenvalue weighted by molar-refractivity contribution is 5.96. The van der Waals surface area contributed by atoms with Gasteiger partial charge in [-0.3, -0.25) is 0 Å². The molecule has 0 unspecified atom stereocenters. The summed E-state index contributed by atoms with van der Waals surface area (Å²) in [6.45, 7) is 4.97. The molecule has 0 fully saturated rings. The molecule has 3 heteroatoms. The second-order valence-corrected chi connectivity index (χ2v) is 5.59. The lowest BCUT2D eigenvalue weighted by atomic mass is 9.99. The van der Waals surface area contributed by atoms with E-state index in [2.05, 4.69) is 17.2 Å². The Hall–Kier alpha value is -1.64. The standard InChI is InChI=1S/C17H21FN2/c1-3-19-16-12-7-5-4-6-8-14(12)20-17-13(18)10-9-11(2)15(16)17/h9-10H,3-8H2,1-2H3,(H,19,20). The molecule has 1 aromatic carbocycles. The fourth-order valence-electron chi connectivity index (χ4n) is 3.21. The third-order valence-electron chi connectivity index (χ3n) is 4.18. The minimum Gasteiger partial charge on any atom is -0.384 e. The van der Waals surface area contributed by atoms with Gasteiger partial charge in [0.2, 0.25) is 0 Å². The van der Waals surface area contributed by atoms with Crippen LogP contribution in [0.15, 0.2) is 12.1 Å². The van der Waals surface area contributed by atoms with Gasteiger partial charge in [0.05, 0.1) is 0 Å². The zero-order chi connectivity index (χ0) is 14.1. The summed E-state index contributed by atoms with van der Waals surface area (Å²) in [5, 5.41) is 4.43. The number of hydrogen-bond donors (Lipinski definition) is 1. The van der Waals surface area contributed by atoms with Crippen molar-refractivity contribution < 1.29 is 4.39 Å². The molecule has 1 aromatic heterocycles. The maximum absolute atomic E-state index is 14.2. The Labute approximate surface area is 119 Å². The molecular formula is C17H21FN2. The first-order valence-electron chi connectivity index (χ1n) is 7.56. The Morgan fingerprint density at radius 2 is 2.00 bits per heavy atom. The number of nitrogens with zero attached hydrogens (tertiary/aromatic N) is 1. The minimum absolute atomic E-state index is 0.211. The molecule has 2 aromatic rings. The van der Waals surface area contributed by atoms with Crippen LogP contribution in [0, 0.1) is 12.7 Å². The number of hydrogen-bond acceptors (Lipinski definition) is 2. The van der Waals surface area contributed by atoms with Crippen molar-refractivity contribution in [1.29, 1.82) is 0 Å². The van der Waals surface area contributed by atoms with Crippen molar-refractivity contribution in [1.82, 2.24) is 4.98 Å². The smallest absolute Gasteiger partial charge is 0.149 e. The minimum atomic E-state index is -0.211. The number of aryl methyl sites for hydroxylation is 2. The summed E-state index contributed by atoms with van der Waals surface area (Å²) in [4.78, 5) is 4.66. The molecule has 0 atom stereocenters. The molecule has 3 rings (SSSR count). The molecule has 0 bridgehead atoms. The van der Waals surface area contributed by atoms with Crippen molar-refractivity contribution in [3.05, 3.63) is 34.8 Å². The summed E-state index contributed by atoms with van der Waals surface area (Å²) in [5.74, 6) is -0.211. The van der Waals surface area contributed by atoms with Crippen LogP contribution in [0.3, 0.4) is 0 Å². The SMILES string of the molecule is CCNc1c2c(nc3c(F)ccc(C)c13)CCCCC2. The molecule has 0 radical (unpaired) electrons. The van der Waals surface area contributed by atoms with E-state index in [1.165, 1.54) is 24.5 Å². The quantitative estimate of drug-likeness (QED) is 0.820. The molecule has 1 N–H and O–H groups in total. The number of halogens is 1. The van der Waals surface area contributed by atoms with E-state index in [4.69, 9.17) is 0 Å². The lowest BCUT2D eigenvalue weighted by molar-refractivity contribution is 0.635. The van der Waals surface area contributed by atoms with Crippen molar-refractivity contribution in [2.75, 3.05) is 11.9 Å². The van der Waals surface area contributed by atoms with Gasteiger partial charge in [-0.15, -0.1) is 0 Å². The van der Waals surface area contributed by atoms with Crippen LogP contribution in [-0.2, 0) is 12.8 Å². The van der Waals surface area contributed by atoms with Gasteiger partial charge in [0.1, 0.15) is 11.3 Å². The molecule has 0 spiro atoms. The Bertz CT molecular complexity index is 649. The second-order valence-electron chi connectivity index (χ2n) is 5.59. The number of benzene rings is 1. The number of rotatable bonds is 2. The van der Waals surface area contributed by atoms with E-state index in [-0.39, 0.29) is 5.82 Å². The van der Waals surface area contributed by atoms with Gasteiger partial charge >= 0.3 is 0 Å². The van der Waals surface area contributed by atoms with Crippen LogP contribution in [0.4, 0.5) is 10.1 Å². The van der Waals surface area contributed by atoms with Crippen molar-refractivity contribution in [2.24, 2.45) is 0 Å². The van der Waals surface area contributed by atoms with Gasteiger partial charge in [0, 0.05) is 23.3 Å². The molecule has 1 aliphatic rings. The van der Waals surface area contributed by atoms with Gasteiger partial charge in [-0.1, -0.05) is 12.5 Å². The summed E-state index contributed by atoms with van der Waals surface area (Å²) < 4.78 is 14.2. The number of nitrogens with one attached hydrogen (secondary N) is 1. The molecule has 20 heavy (non-hydrogen) atoms. The first-order valence-corrected chi connectivity index (χ1v) is 7.56. The van der Waals surface area contributed by atoms with Crippen molar-refractivity contribution >= 4 is 16.6 Å². The highest BCUT2D eigenvalue weighted by Crippen LogP contribution is 2.35. The molecule has 1 heterocycles. The van der Waals surface area contributed by atoms with Gasteiger partial charge in [-0.2, -0.15) is 0 Å². The van der Waals surface area contributed by atoms with Crippen LogP contribution >= 0.6 is 0 Å². The summed E-state index contributed by atoms with van der Waals surface area (Å²) in [6.07, 6.45) is 5.62. The lowest BCUT2D eigenvalue weighted by Gasteiger charge is -2.18. The van der Waals surface area contributed by atoms with Gasteiger partial charge in [0.25, 0.3) is 0 Å². The van der Waals surface area contributed by atoms with Crippen LogP contribution in [-0.4, -0.2) is 11.5 Å². The van der Waals surface area contributed by atoms with Crippen LogP contribution < -0.4 is 5.32 Å². The monoisotopic (exact) mass is 272 g/mol. The molecule has 0 saturated carbocycles.